The molecule has 0 amide bonds. The van der Waals surface area contributed by atoms with E-state index in [9.17, 15) is 13.2 Å². The van der Waals surface area contributed by atoms with Gasteiger partial charge in [-0.05, 0) is 6.92 Å². The van der Waals surface area contributed by atoms with Gasteiger partial charge in [-0.2, -0.15) is 10.1 Å². The summed E-state index contributed by atoms with van der Waals surface area (Å²) in [4.78, 5) is 8.42. The van der Waals surface area contributed by atoms with Crippen LogP contribution in [-0.2, 0) is 13.1 Å². The van der Waals surface area contributed by atoms with E-state index in [1.54, 1.807) is 30.2 Å². The van der Waals surface area contributed by atoms with E-state index < -0.39 is 17.5 Å². The standard InChI is InChI=1S/C17H17F3N6O/c1-10-6-22-17(24-12-7-23-26(9-12)2-3-27)25-16(10)21-8-13-14(19)4-11(18)5-15(13)20/h4-7,9,27H,2-3,8H2,1H3,(H2,21,22,24,25). The molecule has 3 rings (SSSR count). The number of aromatic nitrogens is 4. The number of anilines is 3. The molecular formula is C17H17F3N6O. The fourth-order valence-electron chi connectivity index (χ4n) is 2.38. The quantitative estimate of drug-likeness (QED) is 0.586. The van der Waals surface area contributed by atoms with Crippen molar-refractivity contribution in [3.8, 4) is 0 Å². The highest BCUT2D eigenvalue weighted by molar-refractivity contribution is 5.54. The first-order valence-corrected chi connectivity index (χ1v) is 8.07. The Kier molecular flexibility index (Phi) is 5.55. The lowest BCUT2D eigenvalue weighted by molar-refractivity contribution is 0.269. The molecule has 0 aliphatic heterocycles. The molecule has 27 heavy (non-hydrogen) atoms. The minimum Gasteiger partial charge on any atom is -0.394 e. The lowest BCUT2D eigenvalue weighted by Gasteiger charge is -2.11. The zero-order chi connectivity index (χ0) is 19.4. The molecule has 10 heteroatoms. The molecule has 0 aliphatic carbocycles. The normalized spacial score (nSPS) is 10.9. The van der Waals surface area contributed by atoms with Gasteiger partial charge in [-0.15, -0.1) is 0 Å². The zero-order valence-electron chi connectivity index (χ0n) is 14.4. The number of hydrogen-bond acceptors (Lipinski definition) is 6. The second-order valence-corrected chi connectivity index (χ2v) is 5.77. The number of rotatable bonds is 7. The van der Waals surface area contributed by atoms with Crippen molar-refractivity contribution in [2.75, 3.05) is 17.2 Å². The van der Waals surface area contributed by atoms with Crippen molar-refractivity contribution in [3.05, 3.63) is 59.3 Å². The lowest BCUT2D eigenvalue weighted by Crippen LogP contribution is -2.09. The van der Waals surface area contributed by atoms with Gasteiger partial charge in [0.2, 0.25) is 5.95 Å². The topological polar surface area (TPSA) is 87.9 Å². The molecule has 0 spiro atoms. The van der Waals surface area contributed by atoms with Crippen molar-refractivity contribution < 1.29 is 18.3 Å². The van der Waals surface area contributed by atoms with E-state index in [1.807, 2.05) is 0 Å². The van der Waals surface area contributed by atoms with Crippen molar-refractivity contribution in [1.29, 1.82) is 0 Å². The molecule has 0 saturated heterocycles. The molecule has 0 atom stereocenters. The van der Waals surface area contributed by atoms with Crippen LogP contribution in [0.1, 0.15) is 11.1 Å². The average molecular weight is 378 g/mol. The number of aliphatic hydroxyl groups excluding tert-OH is 1. The van der Waals surface area contributed by atoms with Gasteiger partial charge in [0.05, 0.1) is 25.0 Å². The van der Waals surface area contributed by atoms with E-state index in [4.69, 9.17) is 5.11 Å². The van der Waals surface area contributed by atoms with E-state index in [1.165, 1.54) is 0 Å². The van der Waals surface area contributed by atoms with Gasteiger partial charge in [0.25, 0.3) is 0 Å². The minimum atomic E-state index is -0.972. The molecule has 3 N–H and O–H groups in total. The van der Waals surface area contributed by atoms with Crippen molar-refractivity contribution >= 4 is 17.5 Å². The van der Waals surface area contributed by atoms with Crippen molar-refractivity contribution in [3.63, 3.8) is 0 Å². The highest BCUT2D eigenvalue weighted by Gasteiger charge is 2.13. The van der Waals surface area contributed by atoms with Crippen LogP contribution in [0.2, 0.25) is 0 Å². The van der Waals surface area contributed by atoms with Gasteiger partial charge in [0, 0.05) is 42.2 Å². The van der Waals surface area contributed by atoms with Crippen molar-refractivity contribution in [2.24, 2.45) is 0 Å². The van der Waals surface area contributed by atoms with Crippen molar-refractivity contribution in [1.82, 2.24) is 19.7 Å². The molecule has 3 aromatic rings. The molecule has 0 bridgehead atoms. The van der Waals surface area contributed by atoms with Gasteiger partial charge >= 0.3 is 0 Å². The summed E-state index contributed by atoms with van der Waals surface area (Å²) in [5.74, 6) is -2.28. The molecule has 142 valence electrons. The van der Waals surface area contributed by atoms with Crippen LogP contribution in [0.15, 0.2) is 30.7 Å². The van der Waals surface area contributed by atoms with Crippen LogP contribution in [0, 0.1) is 24.4 Å². The SMILES string of the molecule is Cc1cnc(Nc2cnn(CCO)c2)nc1NCc1c(F)cc(F)cc1F. The van der Waals surface area contributed by atoms with Gasteiger partial charge in [-0.1, -0.05) is 0 Å². The Labute approximate surface area is 152 Å². The molecule has 2 aromatic heterocycles. The van der Waals surface area contributed by atoms with Gasteiger partial charge < -0.3 is 15.7 Å². The van der Waals surface area contributed by atoms with Gasteiger partial charge in [-0.25, -0.2) is 18.2 Å². The molecule has 2 heterocycles. The first-order chi connectivity index (χ1) is 13.0. The molecule has 0 radical (unpaired) electrons. The smallest absolute Gasteiger partial charge is 0.229 e. The summed E-state index contributed by atoms with van der Waals surface area (Å²) in [5, 5.41) is 18.7. The summed E-state index contributed by atoms with van der Waals surface area (Å²) in [6.07, 6.45) is 4.78. The predicted molar refractivity (Wildman–Crippen MR) is 93.0 cm³/mol. The first-order valence-electron chi connectivity index (χ1n) is 8.07. The van der Waals surface area contributed by atoms with Crippen LogP contribution >= 0.6 is 0 Å². The first kappa shape index (κ1) is 18.6. The second kappa shape index (κ2) is 8.04. The van der Waals surface area contributed by atoms with Gasteiger partial charge in [0.1, 0.15) is 23.3 Å². The maximum absolute atomic E-state index is 13.8. The average Bonchev–Trinajstić information content (AvgIpc) is 3.04. The van der Waals surface area contributed by atoms with E-state index >= 15 is 0 Å². The Morgan fingerprint density at radius 1 is 1.15 bits per heavy atom. The van der Waals surface area contributed by atoms with Crippen LogP contribution in [0.4, 0.5) is 30.6 Å². The number of aliphatic hydroxyl groups is 1. The van der Waals surface area contributed by atoms with Crippen LogP contribution in [0.5, 0.6) is 0 Å². The van der Waals surface area contributed by atoms with Crippen LogP contribution < -0.4 is 10.6 Å². The van der Waals surface area contributed by atoms with E-state index in [-0.39, 0.29) is 24.7 Å². The Morgan fingerprint density at radius 2 is 1.89 bits per heavy atom. The number of nitrogens with one attached hydrogen (secondary N) is 2. The van der Waals surface area contributed by atoms with E-state index in [0.29, 0.717) is 35.7 Å². The fourth-order valence-corrected chi connectivity index (χ4v) is 2.38. The Morgan fingerprint density at radius 3 is 2.59 bits per heavy atom. The highest BCUT2D eigenvalue weighted by atomic mass is 19.1. The Bertz CT molecular complexity index is 923. The summed E-state index contributed by atoms with van der Waals surface area (Å²) < 4.78 is 42.1. The summed E-state index contributed by atoms with van der Waals surface area (Å²) in [7, 11) is 0. The van der Waals surface area contributed by atoms with E-state index in [0.717, 1.165) is 0 Å². The number of benzene rings is 1. The molecular weight excluding hydrogens is 361 g/mol. The highest BCUT2D eigenvalue weighted by Crippen LogP contribution is 2.20. The monoisotopic (exact) mass is 378 g/mol. The van der Waals surface area contributed by atoms with Crippen LogP contribution in [-0.4, -0.2) is 31.5 Å². The molecule has 0 unspecified atom stereocenters. The van der Waals surface area contributed by atoms with Gasteiger partial charge in [-0.3, -0.25) is 4.68 Å². The Hall–Kier alpha value is -3.14. The third-order valence-electron chi connectivity index (χ3n) is 3.73. The molecule has 1 aromatic carbocycles. The summed E-state index contributed by atoms with van der Waals surface area (Å²) in [6.45, 7) is 1.86. The number of halogens is 3. The van der Waals surface area contributed by atoms with E-state index in [2.05, 4.69) is 25.7 Å². The largest absolute Gasteiger partial charge is 0.394 e. The van der Waals surface area contributed by atoms with Crippen LogP contribution in [0.25, 0.3) is 0 Å². The number of aryl methyl sites for hydroxylation is 1. The minimum absolute atomic E-state index is 0.0350. The third kappa shape index (κ3) is 4.53. The summed E-state index contributed by atoms with van der Waals surface area (Å²) in [5.41, 5.74) is 1.00. The summed E-state index contributed by atoms with van der Waals surface area (Å²) >= 11 is 0. The third-order valence-corrected chi connectivity index (χ3v) is 3.73. The molecule has 0 saturated carbocycles. The zero-order valence-corrected chi connectivity index (χ0v) is 14.4. The Balaban J connectivity index is 1.73. The fraction of sp³-hybridized carbons (Fsp3) is 0.235. The molecule has 0 aliphatic rings. The summed E-state index contributed by atoms with van der Waals surface area (Å²) in [6, 6.07) is 1.26. The predicted octanol–water partition coefficient (Wildman–Crippen LogP) is 2.75. The van der Waals surface area contributed by atoms with Gasteiger partial charge in [0.15, 0.2) is 0 Å². The molecule has 0 fully saturated rings. The number of nitrogens with zero attached hydrogens (tertiary/aromatic N) is 4. The maximum Gasteiger partial charge on any atom is 0.229 e. The molecule has 7 nitrogen and oxygen atoms in total. The van der Waals surface area contributed by atoms with Crippen molar-refractivity contribution in [2.45, 2.75) is 20.0 Å². The van der Waals surface area contributed by atoms with Crippen LogP contribution in [0.3, 0.4) is 0 Å². The lowest BCUT2D eigenvalue weighted by atomic mass is 10.2. The second-order valence-electron chi connectivity index (χ2n) is 5.77. The number of hydrogen-bond donors (Lipinski definition) is 3. The maximum atomic E-state index is 13.8.